The average Bonchev–Trinajstić information content (AvgIpc) is 2.55. The van der Waals surface area contributed by atoms with E-state index in [1.807, 2.05) is 12.1 Å². The summed E-state index contributed by atoms with van der Waals surface area (Å²) in [7, 11) is 0. The molecule has 0 fully saturated rings. The first-order chi connectivity index (χ1) is 11.8. The summed E-state index contributed by atoms with van der Waals surface area (Å²) in [6.07, 6.45) is -0.250. The van der Waals surface area contributed by atoms with Crippen LogP contribution in [0.2, 0.25) is 0 Å². The molecule has 0 aliphatic carbocycles. The lowest BCUT2D eigenvalue weighted by Gasteiger charge is -2.08. The number of carbonyl (C=O) groups excluding carboxylic acids is 1. The van der Waals surface area contributed by atoms with Crippen molar-refractivity contribution in [2.24, 2.45) is 0 Å². The van der Waals surface area contributed by atoms with Gasteiger partial charge in [0.2, 0.25) is 5.91 Å². The van der Waals surface area contributed by atoms with Gasteiger partial charge in [0.25, 0.3) is 11.4 Å². The molecule has 0 spiro atoms. The number of anilines is 1. The van der Waals surface area contributed by atoms with Crippen LogP contribution in [0, 0.1) is 20.2 Å². The highest BCUT2D eigenvalue weighted by Gasteiger charge is 2.21. The maximum Gasteiger partial charge on any atom is 0.279 e. The van der Waals surface area contributed by atoms with Crippen molar-refractivity contribution in [3.8, 4) is 0 Å². The molecule has 0 saturated heterocycles. The van der Waals surface area contributed by atoms with Crippen molar-refractivity contribution in [1.82, 2.24) is 0 Å². The Labute approximate surface area is 143 Å². The van der Waals surface area contributed by atoms with Gasteiger partial charge in [-0.1, -0.05) is 26.0 Å². The Morgan fingerprint density at radius 2 is 1.68 bits per heavy atom. The third-order valence-corrected chi connectivity index (χ3v) is 3.69. The van der Waals surface area contributed by atoms with Crippen molar-refractivity contribution >= 4 is 23.0 Å². The quantitative estimate of drug-likeness (QED) is 0.632. The minimum atomic E-state index is -0.729. The Morgan fingerprint density at radius 1 is 1.04 bits per heavy atom. The topological polar surface area (TPSA) is 115 Å². The van der Waals surface area contributed by atoms with Crippen LogP contribution in [0.25, 0.3) is 0 Å². The Kier molecular flexibility index (Phi) is 5.43. The van der Waals surface area contributed by atoms with Crippen molar-refractivity contribution in [2.75, 3.05) is 5.32 Å². The zero-order valence-corrected chi connectivity index (χ0v) is 13.8. The van der Waals surface area contributed by atoms with Gasteiger partial charge in [0.15, 0.2) is 0 Å². The van der Waals surface area contributed by atoms with Crippen LogP contribution >= 0.6 is 0 Å². The number of amides is 1. The number of carbonyl (C=O) groups is 1. The molecule has 0 unspecified atom stereocenters. The first-order valence-electron chi connectivity index (χ1n) is 7.59. The standard InChI is InChI=1S/C17H17N3O5/c1-11(2)12-3-6-14(7-4-12)18-17(21)9-13-5-8-15(19(22)23)10-16(13)20(24)25/h3-8,10-11H,9H2,1-2H3,(H,18,21). The van der Waals surface area contributed by atoms with Gasteiger partial charge in [0.1, 0.15) is 0 Å². The molecule has 0 bridgehead atoms. The fourth-order valence-corrected chi connectivity index (χ4v) is 2.31. The SMILES string of the molecule is CC(C)c1ccc(NC(=O)Cc2ccc([N+](=O)[O-])cc2[N+](=O)[O-])cc1. The summed E-state index contributed by atoms with van der Waals surface area (Å²) in [5.74, 6) is -0.0678. The Hall–Kier alpha value is -3.29. The van der Waals surface area contributed by atoms with E-state index < -0.39 is 21.4 Å². The van der Waals surface area contributed by atoms with Crippen LogP contribution in [0.3, 0.4) is 0 Å². The summed E-state index contributed by atoms with van der Waals surface area (Å²) in [4.78, 5) is 32.5. The number of hydrogen-bond donors (Lipinski definition) is 1. The van der Waals surface area contributed by atoms with Gasteiger partial charge >= 0.3 is 0 Å². The molecule has 8 nitrogen and oxygen atoms in total. The van der Waals surface area contributed by atoms with Crippen molar-refractivity contribution in [3.05, 3.63) is 73.8 Å². The molecule has 130 valence electrons. The maximum atomic E-state index is 12.1. The Balaban J connectivity index is 2.14. The summed E-state index contributed by atoms with van der Waals surface area (Å²) in [6.45, 7) is 4.11. The number of non-ortho nitro benzene ring substituents is 1. The summed E-state index contributed by atoms with van der Waals surface area (Å²) < 4.78 is 0. The predicted octanol–water partition coefficient (Wildman–Crippen LogP) is 3.81. The van der Waals surface area contributed by atoms with E-state index in [1.54, 1.807) is 12.1 Å². The third-order valence-electron chi connectivity index (χ3n) is 3.69. The van der Waals surface area contributed by atoms with Gasteiger partial charge in [-0.25, -0.2) is 0 Å². The van der Waals surface area contributed by atoms with Gasteiger partial charge in [0.05, 0.1) is 22.3 Å². The molecule has 0 saturated carbocycles. The molecule has 25 heavy (non-hydrogen) atoms. The highest BCUT2D eigenvalue weighted by molar-refractivity contribution is 5.92. The molecule has 0 heterocycles. The lowest BCUT2D eigenvalue weighted by atomic mass is 10.0. The number of rotatable bonds is 6. The number of nitrogens with one attached hydrogen (secondary N) is 1. The molecular weight excluding hydrogens is 326 g/mol. The molecule has 0 atom stereocenters. The zero-order chi connectivity index (χ0) is 18.6. The molecule has 1 amide bonds. The van der Waals surface area contributed by atoms with E-state index in [0.29, 0.717) is 11.6 Å². The van der Waals surface area contributed by atoms with Gasteiger partial charge in [-0.05, 0) is 29.7 Å². The summed E-state index contributed by atoms with van der Waals surface area (Å²) in [6, 6.07) is 10.6. The molecular formula is C17H17N3O5. The van der Waals surface area contributed by atoms with Crippen molar-refractivity contribution in [3.63, 3.8) is 0 Å². The van der Waals surface area contributed by atoms with Crippen molar-refractivity contribution in [1.29, 1.82) is 0 Å². The van der Waals surface area contributed by atoms with Gasteiger partial charge < -0.3 is 5.32 Å². The summed E-state index contributed by atoms with van der Waals surface area (Å²) >= 11 is 0. The fourth-order valence-electron chi connectivity index (χ4n) is 2.31. The lowest BCUT2D eigenvalue weighted by molar-refractivity contribution is -0.394. The van der Waals surface area contributed by atoms with Gasteiger partial charge in [-0.15, -0.1) is 0 Å². The molecule has 0 aliphatic rings. The van der Waals surface area contributed by atoms with Crippen LogP contribution < -0.4 is 5.32 Å². The predicted molar refractivity (Wildman–Crippen MR) is 92.6 cm³/mol. The first kappa shape index (κ1) is 18.1. The van der Waals surface area contributed by atoms with E-state index in [1.165, 1.54) is 6.07 Å². The second-order valence-electron chi connectivity index (χ2n) is 5.83. The van der Waals surface area contributed by atoms with Gasteiger partial charge in [0, 0.05) is 17.3 Å². The molecule has 2 aromatic carbocycles. The Morgan fingerprint density at radius 3 is 2.20 bits per heavy atom. The average molecular weight is 343 g/mol. The molecule has 8 heteroatoms. The van der Waals surface area contributed by atoms with Crippen LogP contribution in [0.5, 0.6) is 0 Å². The van der Waals surface area contributed by atoms with Crippen LogP contribution in [0.4, 0.5) is 17.1 Å². The molecule has 0 radical (unpaired) electrons. The first-order valence-corrected chi connectivity index (χ1v) is 7.59. The largest absolute Gasteiger partial charge is 0.326 e. The monoisotopic (exact) mass is 343 g/mol. The maximum absolute atomic E-state index is 12.1. The highest BCUT2D eigenvalue weighted by Crippen LogP contribution is 2.25. The molecule has 2 aromatic rings. The summed E-state index contributed by atoms with van der Waals surface area (Å²) in [5, 5.41) is 24.5. The summed E-state index contributed by atoms with van der Waals surface area (Å²) in [5.41, 5.74) is 0.995. The lowest BCUT2D eigenvalue weighted by Crippen LogP contribution is -2.15. The van der Waals surface area contributed by atoms with Crippen molar-refractivity contribution < 1.29 is 14.6 Å². The van der Waals surface area contributed by atoms with E-state index in [-0.39, 0.29) is 17.7 Å². The normalized spacial score (nSPS) is 10.5. The van der Waals surface area contributed by atoms with Gasteiger partial charge in [-0.2, -0.15) is 0 Å². The second-order valence-corrected chi connectivity index (χ2v) is 5.83. The Bertz CT molecular complexity index is 816. The van der Waals surface area contributed by atoms with E-state index >= 15 is 0 Å². The number of hydrogen-bond acceptors (Lipinski definition) is 5. The second kappa shape index (κ2) is 7.52. The van der Waals surface area contributed by atoms with Crippen LogP contribution in [0.15, 0.2) is 42.5 Å². The third kappa shape index (κ3) is 4.60. The van der Waals surface area contributed by atoms with Crippen molar-refractivity contribution in [2.45, 2.75) is 26.2 Å². The van der Waals surface area contributed by atoms with Gasteiger partial charge in [-0.3, -0.25) is 25.0 Å². The van der Waals surface area contributed by atoms with E-state index in [4.69, 9.17) is 0 Å². The zero-order valence-electron chi connectivity index (χ0n) is 13.8. The number of nitrogens with zero attached hydrogens (tertiary/aromatic N) is 2. The van der Waals surface area contributed by atoms with Crippen LogP contribution in [-0.4, -0.2) is 15.8 Å². The van der Waals surface area contributed by atoms with E-state index in [2.05, 4.69) is 19.2 Å². The minimum absolute atomic E-state index is 0.118. The molecule has 1 N–H and O–H groups in total. The smallest absolute Gasteiger partial charge is 0.279 e. The number of nitro groups is 2. The minimum Gasteiger partial charge on any atom is -0.326 e. The molecule has 0 aromatic heterocycles. The van der Waals surface area contributed by atoms with E-state index in [0.717, 1.165) is 17.7 Å². The van der Waals surface area contributed by atoms with E-state index in [9.17, 15) is 25.0 Å². The number of nitro benzene ring substituents is 2. The number of benzene rings is 2. The fraction of sp³-hybridized carbons (Fsp3) is 0.235. The van der Waals surface area contributed by atoms with Crippen LogP contribution in [0.1, 0.15) is 30.9 Å². The highest BCUT2D eigenvalue weighted by atomic mass is 16.6. The van der Waals surface area contributed by atoms with Crippen LogP contribution in [-0.2, 0) is 11.2 Å². The molecule has 0 aliphatic heterocycles. The molecule has 2 rings (SSSR count).